The molecule has 0 spiro atoms. The molecule has 0 heterocycles. The van der Waals surface area contributed by atoms with E-state index in [1.165, 1.54) is 96.3 Å². The van der Waals surface area contributed by atoms with Crippen molar-refractivity contribution in [2.45, 2.75) is 166 Å². The highest BCUT2D eigenvalue weighted by Gasteiger charge is 2.43. The SMILES string of the molecule is CCCCC(C)CC(CCCC(C)C)C(CCC(C)CC)(CC(C)CCC)C(C)CCC. The molecular formula is C32H66. The summed E-state index contributed by atoms with van der Waals surface area (Å²) in [4.78, 5) is 0. The van der Waals surface area contributed by atoms with E-state index in [1.54, 1.807) is 0 Å². The Kier molecular flexibility index (Phi) is 18.3. The Morgan fingerprint density at radius 2 is 1.22 bits per heavy atom. The third-order valence-electron chi connectivity index (χ3n) is 8.90. The van der Waals surface area contributed by atoms with E-state index in [9.17, 15) is 0 Å². The monoisotopic (exact) mass is 451 g/mol. The van der Waals surface area contributed by atoms with Crippen LogP contribution in [0.1, 0.15) is 166 Å². The molecule has 6 unspecified atom stereocenters. The summed E-state index contributed by atoms with van der Waals surface area (Å²) in [6.07, 6.45) is 21.3. The average Bonchev–Trinajstić information content (AvgIpc) is 2.74. The summed E-state index contributed by atoms with van der Waals surface area (Å²) < 4.78 is 0. The highest BCUT2D eigenvalue weighted by molar-refractivity contribution is 4.93. The zero-order chi connectivity index (χ0) is 24.6. The van der Waals surface area contributed by atoms with E-state index in [2.05, 4.69) is 69.2 Å². The molecule has 194 valence electrons. The van der Waals surface area contributed by atoms with E-state index in [1.807, 2.05) is 0 Å². The Morgan fingerprint density at radius 3 is 1.75 bits per heavy atom. The summed E-state index contributed by atoms with van der Waals surface area (Å²) >= 11 is 0. The molecule has 0 N–H and O–H groups in total. The van der Waals surface area contributed by atoms with Gasteiger partial charge in [0.25, 0.3) is 0 Å². The van der Waals surface area contributed by atoms with Gasteiger partial charge >= 0.3 is 0 Å². The van der Waals surface area contributed by atoms with Crippen molar-refractivity contribution in [3.63, 3.8) is 0 Å². The molecule has 0 aliphatic heterocycles. The smallest absolute Gasteiger partial charge is 0.0241 e. The van der Waals surface area contributed by atoms with Crippen LogP contribution in [0.3, 0.4) is 0 Å². The van der Waals surface area contributed by atoms with E-state index in [-0.39, 0.29) is 0 Å². The highest BCUT2D eigenvalue weighted by atomic mass is 14.5. The zero-order valence-corrected chi connectivity index (χ0v) is 24.6. The first-order chi connectivity index (χ1) is 15.2. The highest BCUT2D eigenvalue weighted by Crippen LogP contribution is 2.53. The Bertz CT molecular complexity index is 410. The fourth-order valence-electron chi connectivity index (χ4n) is 6.57. The number of rotatable bonds is 21. The molecule has 0 aliphatic carbocycles. The Balaban J connectivity index is 6.08. The Morgan fingerprint density at radius 1 is 0.562 bits per heavy atom. The number of hydrogen-bond acceptors (Lipinski definition) is 0. The molecule has 0 saturated heterocycles. The van der Waals surface area contributed by atoms with Gasteiger partial charge in [0.15, 0.2) is 0 Å². The lowest BCUT2D eigenvalue weighted by Gasteiger charge is -2.49. The molecular weight excluding hydrogens is 384 g/mol. The Labute approximate surface area is 206 Å². The first-order valence-corrected chi connectivity index (χ1v) is 15.2. The summed E-state index contributed by atoms with van der Waals surface area (Å²) in [6, 6.07) is 0. The largest absolute Gasteiger partial charge is 0.0654 e. The van der Waals surface area contributed by atoms with Gasteiger partial charge in [-0.25, -0.2) is 0 Å². The normalized spacial score (nSPS) is 18.8. The number of unbranched alkanes of at least 4 members (excludes halogenated alkanes) is 1. The van der Waals surface area contributed by atoms with Gasteiger partial charge in [-0.05, 0) is 66.6 Å². The van der Waals surface area contributed by atoms with Crippen LogP contribution in [0, 0.1) is 40.9 Å². The van der Waals surface area contributed by atoms with Crippen molar-refractivity contribution in [2.75, 3.05) is 0 Å². The molecule has 0 amide bonds. The lowest BCUT2D eigenvalue weighted by atomic mass is 9.56. The molecule has 0 heteroatoms. The van der Waals surface area contributed by atoms with Crippen molar-refractivity contribution < 1.29 is 0 Å². The molecule has 32 heavy (non-hydrogen) atoms. The standard InChI is InChI=1S/C32H66/c1-11-15-20-28(8)24-31(21-16-19-26(5)6)32(30(10)18-13-3,23-22-27(7)14-4)25-29(9)17-12-2/h26-31H,11-25H2,1-10H3. The maximum absolute atomic E-state index is 2.66. The maximum Gasteiger partial charge on any atom is -0.0241 e. The zero-order valence-electron chi connectivity index (χ0n) is 24.6. The summed E-state index contributed by atoms with van der Waals surface area (Å²) in [5, 5.41) is 0. The fourth-order valence-corrected chi connectivity index (χ4v) is 6.57. The van der Waals surface area contributed by atoms with E-state index in [0.29, 0.717) is 5.41 Å². The van der Waals surface area contributed by atoms with Gasteiger partial charge in [0.1, 0.15) is 0 Å². The van der Waals surface area contributed by atoms with Crippen LogP contribution < -0.4 is 0 Å². The van der Waals surface area contributed by atoms with Crippen LogP contribution in [0.5, 0.6) is 0 Å². The summed E-state index contributed by atoms with van der Waals surface area (Å²) in [5.74, 6) is 5.25. The van der Waals surface area contributed by atoms with Crippen LogP contribution in [-0.4, -0.2) is 0 Å². The van der Waals surface area contributed by atoms with Crippen LogP contribution in [0.4, 0.5) is 0 Å². The van der Waals surface area contributed by atoms with E-state index in [0.717, 1.165) is 35.5 Å². The molecule has 0 radical (unpaired) electrons. The van der Waals surface area contributed by atoms with Crippen LogP contribution >= 0.6 is 0 Å². The first-order valence-electron chi connectivity index (χ1n) is 15.2. The van der Waals surface area contributed by atoms with E-state index < -0.39 is 0 Å². The van der Waals surface area contributed by atoms with Crippen LogP contribution in [0.25, 0.3) is 0 Å². The lowest BCUT2D eigenvalue weighted by molar-refractivity contribution is 0.00651. The van der Waals surface area contributed by atoms with Crippen molar-refractivity contribution in [1.29, 1.82) is 0 Å². The summed E-state index contributed by atoms with van der Waals surface area (Å²) in [5.41, 5.74) is 0.547. The minimum atomic E-state index is 0.547. The predicted molar refractivity (Wildman–Crippen MR) is 149 cm³/mol. The van der Waals surface area contributed by atoms with Gasteiger partial charge in [0.2, 0.25) is 0 Å². The van der Waals surface area contributed by atoms with E-state index >= 15 is 0 Å². The minimum Gasteiger partial charge on any atom is -0.0654 e. The third kappa shape index (κ3) is 12.5. The van der Waals surface area contributed by atoms with Crippen molar-refractivity contribution >= 4 is 0 Å². The van der Waals surface area contributed by atoms with E-state index in [4.69, 9.17) is 0 Å². The molecule has 6 atom stereocenters. The second kappa shape index (κ2) is 18.3. The molecule has 0 aromatic carbocycles. The predicted octanol–water partition coefficient (Wildman–Crippen LogP) is 11.7. The topological polar surface area (TPSA) is 0 Å². The van der Waals surface area contributed by atoms with Gasteiger partial charge in [-0.2, -0.15) is 0 Å². The van der Waals surface area contributed by atoms with Crippen LogP contribution in [-0.2, 0) is 0 Å². The average molecular weight is 451 g/mol. The second-order valence-electron chi connectivity index (χ2n) is 12.6. The van der Waals surface area contributed by atoms with Gasteiger partial charge in [0.05, 0.1) is 0 Å². The van der Waals surface area contributed by atoms with Crippen LogP contribution in [0.2, 0.25) is 0 Å². The van der Waals surface area contributed by atoms with Crippen molar-refractivity contribution in [1.82, 2.24) is 0 Å². The van der Waals surface area contributed by atoms with Gasteiger partial charge in [0, 0.05) is 0 Å². The lowest BCUT2D eigenvalue weighted by Crippen LogP contribution is -2.40. The van der Waals surface area contributed by atoms with Crippen molar-refractivity contribution in [3.8, 4) is 0 Å². The molecule has 0 aliphatic rings. The van der Waals surface area contributed by atoms with Crippen molar-refractivity contribution in [3.05, 3.63) is 0 Å². The molecule has 0 rings (SSSR count). The third-order valence-corrected chi connectivity index (χ3v) is 8.90. The maximum atomic E-state index is 2.66. The molecule has 0 fully saturated rings. The first kappa shape index (κ1) is 32.0. The number of hydrogen-bond donors (Lipinski definition) is 0. The molecule has 0 aromatic rings. The summed E-state index contributed by atoms with van der Waals surface area (Å²) in [6.45, 7) is 24.7. The summed E-state index contributed by atoms with van der Waals surface area (Å²) in [7, 11) is 0. The van der Waals surface area contributed by atoms with Crippen LogP contribution in [0.15, 0.2) is 0 Å². The Hall–Kier alpha value is 0. The quantitative estimate of drug-likeness (QED) is 0.163. The molecule has 0 bridgehead atoms. The second-order valence-corrected chi connectivity index (χ2v) is 12.6. The molecule has 0 aromatic heterocycles. The van der Waals surface area contributed by atoms with Gasteiger partial charge in [-0.1, -0.05) is 140 Å². The molecule has 0 nitrogen and oxygen atoms in total. The van der Waals surface area contributed by atoms with Gasteiger partial charge in [-0.3, -0.25) is 0 Å². The molecule has 0 saturated carbocycles. The van der Waals surface area contributed by atoms with Gasteiger partial charge in [-0.15, -0.1) is 0 Å². The fraction of sp³-hybridized carbons (Fsp3) is 1.00. The van der Waals surface area contributed by atoms with Crippen molar-refractivity contribution in [2.24, 2.45) is 40.9 Å². The minimum absolute atomic E-state index is 0.547. The van der Waals surface area contributed by atoms with Gasteiger partial charge < -0.3 is 0 Å².